The minimum atomic E-state index is -0.699. The second-order valence-corrected chi connectivity index (χ2v) is 5.36. The van der Waals surface area contributed by atoms with Crippen molar-refractivity contribution in [2.24, 2.45) is 0 Å². The molecule has 0 bridgehead atoms. The maximum atomic E-state index is 11.9. The third-order valence-electron chi connectivity index (χ3n) is 3.48. The first kappa shape index (κ1) is 17.0. The van der Waals surface area contributed by atoms with Gasteiger partial charge in [0.05, 0.1) is 0 Å². The molecule has 4 amide bonds. The molecular weight excluding hydrogens is 310 g/mol. The summed E-state index contributed by atoms with van der Waals surface area (Å²) in [7, 11) is 1.53. The summed E-state index contributed by atoms with van der Waals surface area (Å²) in [6.45, 7) is 2.47. The molecule has 0 aromatic rings. The molecular formula is C13H19N3O7. The number of urea groups is 2. The van der Waals surface area contributed by atoms with Gasteiger partial charge in [0.1, 0.15) is 31.7 Å². The van der Waals surface area contributed by atoms with Crippen molar-refractivity contribution in [2.45, 2.75) is 38.7 Å². The minimum Gasteiger partial charge on any atom is -0.463 e. The zero-order chi connectivity index (χ0) is 17.1. The lowest BCUT2D eigenvalue weighted by Gasteiger charge is -2.36. The highest BCUT2D eigenvalue weighted by Gasteiger charge is 2.44. The van der Waals surface area contributed by atoms with E-state index in [1.165, 1.54) is 30.7 Å². The summed E-state index contributed by atoms with van der Waals surface area (Å²) >= 11 is 0. The Labute approximate surface area is 132 Å². The minimum absolute atomic E-state index is 0.0441. The Morgan fingerprint density at radius 2 is 1.96 bits per heavy atom. The average molecular weight is 329 g/mol. The standard InChI is InChI=1S/C13H19N3O7/c1-7(17)21-5-10-9(22-8(2)18)4-11(23-10)16-6-15(3)12(19)14-13(16)20/h9-11H,4-6H2,1-3H3,(H,14,19,20)/t9-,10+,11-/m1/s1. The van der Waals surface area contributed by atoms with Crippen molar-refractivity contribution in [3.05, 3.63) is 0 Å². The number of esters is 2. The molecule has 10 heteroatoms. The third kappa shape index (κ3) is 4.09. The van der Waals surface area contributed by atoms with E-state index in [2.05, 4.69) is 5.32 Å². The Bertz CT molecular complexity index is 524. The first-order valence-corrected chi connectivity index (χ1v) is 7.06. The molecule has 2 heterocycles. The van der Waals surface area contributed by atoms with Crippen molar-refractivity contribution < 1.29 is 33.4 Å². The number of rotatable bonds is 4. The molecule has 2 aliphatic rings. The average Bonchev–Trinajstić information content (AvgIpc) is 2.82. The first-order chi connectivity index (χ1) is 10.8. The molecule has 128 valence electrons. The summed E-state index contributed by atoms with van der Waals surface area (Å²) in [6.07, 6.45) is -1.80. The molecule has 0 spiro atoms. The van der Waals surface area contributed by atoms with Crippen LogP contribution in [0.2, 0.25) is 0 Å². The van der Waals surface area contributed by atoms with Gasteiger partial charge in [-0.1, -0.05) is 0 Å². The second kappa shape index (κ2) is 6.82. The molecule has 0 radical (unpaired) electrons. The van der Waals surface area contributed by atoms with Gasteiger partial charge in [0.2, 0.25) is 0 Å². The molecule has 0 aromatic carbocycles. The molecule has 0 aliphatic carbocycles. The van der Waals surface area contributed by atoms with E-state index in [4.69, 9.17) is 14.2 Å². The second-order valence-electron chi connectivity index (χ2n) is 5.36. The molecule has 2 fully saturated rings. The number of nitrogens with one attached hydrogen (secondary N) is 1. The van der Waals surface area contributed by atoms with E-state index in [0.29, 0.717) is 0 Å². The van der Waals surface area contributed by atoms with Gasteiger partial charge in [0, 0.05) is 27.3 Å². The molecule has 3 atom stereocenters. The number of hydrogen-bond acceptors (Lipinski definition) is 7. The van der Waals surface area contributed by atoms with E-state index in [1.807, 2.05) is 0 Å². The van der Waals surface area contributed by atoms with Gasteiger partial charge < -0.3 is 19.1 Å². The Hall–Kier alpha value is -2.36. The van der Waals surface area contributed by atoms with E-state index < -0.39 is 42.4 Å². The molecule has 0 aromatic heterocycles. The normalized spacial score (nSPS) is 27.7. The smallest absolute Gasteiger partial charge is 0.328 e. The molecule has 10 nitrogen and oxygen atoms in total. The van der Waals surface area contributed by atoms with Crippen molar-refractivity contribution >= 4 is 24.0 Å². The van der Waals surface area contributed by atoms with Crippen LogP contribution in [0.3, 0.4) is 0 Å². The fourth-order valence-electron chi connectivity index (χ4n) is 2.42. The Kier molecular flexibility index (Phi) is 5.04. The largest absolute Gasteiger partial charge is 0.463 e. The van der Waals surface area contributed by atoms with Crippen LogP contribution < -0.4 is 5.32 Å². The van der Waals surface area contributed by atoms with Gasteiger partial charge in [-0.05, 0) is 0 Å². The van der Waals surface area contributed by atoms with Gasteiger partial charge in [-0.2, -0.15) is 0 Å². The van der Waals surface area contributed by atoms with Crippen LogP contribution in [0.5, 0.6) is 0 Å². The molecule has 0 saturated carbocycles. The summed E-state index contributed by atoms with van der Waals surface area (Å²) in [5, 5.41) is 2.18. The lowest BCUT2D eigenvalue weighted by Crippen LogP contribution is -2.60. The number of amides is 4. The van der Waals surface area contributed by atoms with Gasteiger partial charge in [-0.25, -0.2) is 9.59 Å². The van der Waals surface area contributed by atoms with E-state index >= 15 is 0 Å². The Balaban J connectivity index is 2.05. The number of imide groups is 1. The van der Waals surface area contributed by atoms with Crippen LogP contribution in [-0.4, -0.2) is 72.6 Å². The molecule has 2 saturated heterocycles. The van der Waals surface area contributed by atoms with Gasteiger partial charge >= 0.3 is 24.0 Å². The van der Waals surface area contributed by atoms with E-state index in [0.717, 1.165) is 0 Å². The number of carbonyl (C=O) groups is 4. The summed E-state index contributed by atoms with van der Waals surface area (Å²) in [5.41, 5.74) is 0. The van der Waals surface area contributed by atoms with Crippen molar-refractivity contribution in [2.75, 3.05) is 20.3 Å². The highest BCUT2D eigenvalue weighted by molar-refractivity contribution is 5.95. The van der Waals surface area contributed by atoms with Crippen molar-refractivity contribution in [3.8, 4) is 0 Å². The van der Waals surface area contributed by atoms with E-state index in [9.17, 15) is 19.2 Å². The number of nitrogens with zero attached hydrogens (tertiary/aromatic N) is 2. The lowest BCUT2D eigenvalue weighted by atomic mass is 10.2. The van der Waals surface area contributed by atoms with E-state index in [1.54, 1.807) is 0 Å². The number of carbonyl (C=O) groups excluding carboxylic acids is 4. The van der Waals surface area contributed by atoms with Crippen LogP contribution >= 0.6 is 0 Å². The van der Waals surface area contributed by atoms with Crippen LogP contribution in [0.15, 0.2) is 0 Å². The van der Waals surface area contributed by atoms with Gasteiger partial charge in [0.25, 0.3) is 0 Å². The zero-order valence-electron chi connectivity index (χ0n) is 13.1. The predicted octanol–water partition coefficient (Wildman–Crippen LogP) is -0.369. The van der Waals surface area contributed by atoms with Crippen molar-refractivity contribution in [3.63, 3.8) is 0 Å². The SMILES string of the molecule is CC(=O)OC[C@@H]1O[C@@H](N2CN(C)C(=O)NC2=O)C[C@H]1OC(C)=O. The molecule has 1 N–H and O–H groups in total. The van der Waals surface area contributed by atoms with Crippen LogP contribution in [0.1, 0.15) is 20.3 Å². The summed E-state index contributed by atoms with van der Waals surface area (Å²) in [5.74, 6) is -0.984. The number of ether oxygens (including phenoxy) is 3. The lowest BCUT2D eigenvalue weighted by molar-refractivity contribution is -0.156. The fraction of sp³-hybridized carbons (Fsp3) is 0.692. The molecule has 0 unspecified atom stereocenters. The Morgan fingerprint density at radius 1 is 1.26 bits per heavy atom. The molecule has 23 heavy (non-hydrogen) atoms. The maximum Gasteiger partial charge on any atom is 0.328 e. The zero-order valence-corrected chi connectivity index (χ0v) is 13.1. The van der Waals surface area contributed by atoms with Gasteiger partial charge in [-0.15, -0.1) is 0 Å². The fourth-order valence-corrected chi connectivity index (χ4v) is 2.42. The van der Waals surface area contributed by atoms with Crippen LogP contribution in [0.25, 0.3) is 0 Å². The highest BCUT2D eigenvalue weighted by atomic mass is 16.6. The highest BCUT2D eigenvalue weighted by Crippen LogP contribution is 2.27. The Morgan fingerprint density at radius 3 is 2.57 bits per heavy atom. The van der Waals surface area contributed by atoms with Crippen molar-refractivity contribution in [1.82, 2.24) is 15.1 Å². The van der Waals surface area contributed by atoms with Crippen molar-refractivity contribution in [1.29, 1.82) is 0 Å². The van der Waals surface area contributed by atoms with E-state index in [-0.39, 0.29) is 19.7 Å². The monoisotopic (exact) mass is 329 g/mol. The van der Waals surface area contributed by atoms with Crippen LogP contribution in [0.4, 0.5) is 9.59 Å². The summed E-state index contributed by atoms with van der Waals surface area (Å²) in [6, 6.07) is -1.09. The molecule has 2 rings (SSSR count). The van der Waals surface area contributed by atoms with Gasteiger partial charge in [0.15, 0.2) is 0 Å². The summed E-state index contributed by atoms with van der Waals surface area (Å²) < 4.78 is 15.8. The van der Waals surface area contributed by atoms with Crippen LogP contribution in [-0.2, 0) is 23.8 Å². The topological polar surface area (TPSA) is 114 Å². The summed E-state index contributed by atoms with van der Waals surface area (Å²) in [4.78, 5) is 48.1. The quantitative estimate of drug-likeness (QED) is 0.700. The first-order valence-electron chi connectivity index (χ1n) is 7.06. The number of hydrogen-bond donors (Lipinski definition) is 1. The third-order valence-corrected chi connectivity index (χ3v) is 3.48. The molecule has 2 aliphatic heterocycles. The van der Waals surface area contributed by atoms with Gasteiger partial charge in [-0.3, -0.25) is 19.8 Å². The van der Waals surface area contributed by atoms with Crippen LogP contribution in [0, 0.1) is 0 Å². The maximum absolute atomic E-state index is 11.9. The predicted molar refractivity (Wildman–Crippen MR) is 73.9 cm³/mol.